The van der Waals surface area contributed by atoms with Gasteiger partial charge in [-0.05, 0) is 31.3 Å². The number of aliphatic hydroxyl groups is 1. The van der Waals surface area contributed by atoms with Crippen LogP contribution >= 0.6 is 0 Å². The molecule has 138 valence electrons. The molecule has 1 aliphatic carbocycles. The lowest BCUT2D eigenvalue weighted by Crippen LogP contribution is -2.64. The van der Waals surface area contributed by atoms with E-state index < -0.39 is 18.0 Å². The Morgan fingerprint density at radius 2 is 2.04 bits per heavy atom. The predicted molar refractivity (Wildman–Crippen MR) is 92.6 cm³/mol. The van der Waals surface area contributed by atoms with Gasteiger partial charge < -0.3 is 15.1 Å². The van der Waals surface area contributed by atoms with Crippen LogP contribution in [-0.2, 0) is 16.1 Å². The minimum Gasteiger partial charge on any atom is -0.477 e. The number of aliphatic hydroxyl groups excluding tert-OH is 1. The molecule has 0 radical (unpaired) electrons. The van der Waals surface area contributed by atoms with Crippen molar-refractivity contribution in [3.63, 3.8) is 0 Å². The summed E-state index contributed by atoms with van der Waals surface area (Å²) in [6, 6.07) is 5.77. The van der Waals surface area contributed by atoms with E-state index in [2.05, 4.69) is 4.57 Å². The van der Waals surface area contributed by atoms with Gasteiger partial charge in [0.15, 0.2) is 12.4 Å². The van der Waals surface area contributed by atoms with Gasteiger partial charge in [0.1, 0.15) is 12.2 Å². The van der Waals surface area contributed by atoms with Crippen LogP contribution in [0.1, 0.15) is 32.6 Å². The van der Waals surface area contributed by atoms with Crippen LogP contribution in [0.15, 0.2) is 41.9 Å². The molecule has 5 atom stereocenters. The second kappa shape index (κ2) is 6.50. The Morgan fingerprint density at radius 1 is 1.31 bits per heavy atom. The van der Waals surface area contributed by atoms with Gasteiger partial charge in [0.05, 0.1) is 18.1 Å². The highest BCUT2D eigenvalue weighted by Crippen LogP contribution is 2.54. The van der Waals surface area contributed by atoms with Crippen LogP contribution in [0.4, 0.5) is 0 Å². The molecule has 2 aliphatic heterocycles. The van der Waals surface area contributed by atoms with Gasteiger partial charge in [-0.15, -0.1) is 0 Å². The molecule has 1 aromatic rings. The SMILES string of the molecule is C[C@@H](O)[C@H]1C(=O)N2C(C(=O)O)=C3[C@H](CC[n+]4ccccc4)CCC[C@H]3[C@H]12. The Labute approximate surface area is 152 Å². The van der Waals surface area contributed by atoms with Gasteiger partial charge in [0.25, 0.3) is 0 Å². The van der Waals surface area contributed by atoms with Crippen LogP contribution in [0.2, 0.25) is 0 Å². The first-order chi connectivity index (χ1) is 12.5. The maximum Gasteiger partial charge on any atom is 0.352 e. The predicted octanol–water partition coefficient (Wildman–Crippen LogP) is 1.34. The highest BCUT2D eigenvalue weighted by Gasteiger charge is 2.62. The van der Waals surface area contributed by atoms with Crippen molar-refractivity contribution in [2.45, 2.75) is 51.3 Å². The average Bonchev–Trinajstić information content (AvgIpc) is 2.92. The van der Waals surface area contributed by atoms with Crippen molar-refractivity contribution in [1.29, 1.82) is 0 Å². The maximum atomic E-state index is 12.5. The number of amides is 1. The number of β-lactam (4-membered cyclic amide) rings is 1. The Balaban J connectivity index is 1.62. The highest BCUT2D eigenvalue weighted by atomic mass is 16.4. The summed E-state index contributed by atoms with van der Waals surface area (Å²) in [6.45, 7) is 2.46. The quantitative estimate of drug-likeness (QED) is 0.615. The number of aromatic nitrogens is 1. The fourth-order valence-electron chi connectivity index (χ4n) is 5.19. The number of carboxylic acid groups (broad SMARTS) is 1. The number of fused-ring (bicyclic) bond motifs is 3. The van der Waals surface area contributed by atoms with Crippen molar-refractivity contribution in [1.82, 2.24) is 4.90 Å². The van der Waals surface area contributed by atoms with Crippen LogP contribution < -0.4 is 4.57 Å². The average molecular weight is 357 g/mol. The van der Waals surface area contributed by atoms with Gasteiger partial charge in [0, 0.05) is 24.5 Å². The molecule has 0 unspecified atom stereocenters. The molecular weight excluding hydrogens is 332 g/mol. The second-order valence-electron chi connectivity index (χ2n) is 7.71. The zero-order valence-corrected chi connectivity index (χ0v) is 14.9. The summed E-state index contributed by atoms with van der Waals surface area (Å²) in [7, 11) is 0. The first-order valence-electron chi connectivity index (χ1n) is 9.43. The van der Waals surface area contributed by atoms with Gasteiger partial charge in [-0.3, -0.25) is 4.79 Å². The largest absolute Gasteiger partial charge is 0.477 e. The minimum absolute atomic E-state index is 0.0814. The molecule has 1 saturated heterocycles. The topological polar surface area (TPSA) is 81.7 Å². The number of pyridine rings is 1. The molecule has 2 N–H and O–H groups in total. The monoisotopic (exact) mass is 357 g/mol. The fourth-order valence-corrected chi connectivity index (χ4v) is 5.19. The first-order valence-corrected chi connectivity index (χ1v) is 9.43. The molecule has 1 aromatic heterocycles. The molecule has 3 aliphatic rings. The van der Waals surface area contributed by atoms with E-state index in [0.717, 1.165) is 37.8 Å². The van der Waals surface area contributed by atoms with Crippen molar-refractivity contribution >= 4 is 11.9 Å². The standard InChI is InChI=1S/C20H24N2O4/c1-12(23)15-17-14-7-5-6-13(8-11-21-9-3-2-4-10-21)16(14)18(20(25)26)22(17)19(15)24/h2-4,9-10,12-15,17,23H,5-8,11H2,1H3/p+1/t12-,13+,14-,15-,17-/m1/s1. The lowest BCUT2D eigenvalue weighted by Gasteiger charge is -2.47. The smallest absolute Gasteiger partial charge is 0.352 e. The van der Waals surface area contributed by atoms with E-state index in [1.54, 1.807) is 6.92 Å². The van der Waals surface area contributed by atoms with Crippen LogP contribution in [0, 0.1) is 17.8 Å². The second-order valence-corrected chi connectivity index (χ2v) is 7.71. The van der Waals surface area contributed by atoms with E-state index in [1.807, 2.05) is 30.6 Å². The van der Waals surface area contributed by atoms with Crippen molar-refractivity contribution in [2.24, 2.45) is 17.8 Å². The molecule has 26 heavy (non-hydrogen) atoms. The third-order valence-corrected chi connectivity index (χ3v) is 6.26. The van der Waals surface area contributed by atoms with Gasteiger partial charge in [-0.25, -0.2) is 9.36 Å². The van der Waals surface area contributed by atoms with E-state index >= 15 is 0 Å². The summed E-state index contributed by atoms with van der Waals surface area (Å²) in [5.41, 5.74) is 1.14. The zero-order chi connectivity index (χ0) is 18.4. The molecule has 3 heterocycles. The molecule has 2 fully saturated rings. The van der Waals surface area contributed by atoms with Crippen molar-refractivity contribution < 1.29 is 24.4 Å². The zero-order valence-electron chi connectivity index (χ0n) is 14.9. The van der Waals surface area contributed by atoms with Gasteiger partial charge in [-0.1, -0.05) is 12.5 Å². The number of hydrogen-bond acceptors (Lipinski definition) is 3. The Bertz CT molecular complexity index is 758. The fraction of sp³-hybridized carbons (Fsp3) is 0.550. The molecule has 0 spiro atoms. The van der Waals surface area contributed by atoms with E-state index in [0.29, 0.717) is 0 Å². The third kappa shape index (κ3) is 2.55. The molecule has 1 amide bonds. The number of hydrogen-bond donors (Lipinski definition) is 2. The maximum absolute atomic E-state index is 12.5. The third-order valence-electron chi connectivity index (χ3n) is 6.26. The summed E-state index contributed by atoms with van der Waals surface area (Å²) < 4.78 is 2.11. The molecular formula is C20H25N2O4+. The molecule has 0 bridgehead atoms. The molecule has 6 heteroatoms. The van der Waals surface area contributed by atoms with Gasteiger partial charge >= 0.3 is 5.97 Å². The summed E-state index contributed by atoms with van der Waals surface area (Å²) in [5, 5.41) is 19.8. The van der Waals surface area contributed by atoms with Crippen LogP contribution in [-0.4, -0.2) is 39.1 Å². The highest BCUT2D eigenvalue weighted by molar-refractivity contribution is 6.00. The number of carbonyl (C=O) groups excluding carboxylic acids is 1. The molecule has 1 saturated carbocycles. The molecule has 6 nitrogen and oxygen atoms in total. The normalized spacial score (nSPS) is 31.3. The lowest BCUT2D eigenvalue weighted by atomic mass is 9.69. The Kier molecular flexibility index (Phi) is 4.31. The summed E-state index contributed by atoms with van der Waals surface area (Å²) in [6.07, 6.45) is 7.06. The number of carbonyl (C=O) groups is 2. The van der Waals surface area contributed by atoms with E-state index in [1.165, 1.54) is 4.90 Å². The van der Waals surface area contributed by atoms with Crippen LogP contribution in [0.25, 0.3) is 0 Å². The minimum atomic E-state index is -1.01. The van der Waals surface area contributed by atoms with Crippen molar-refractivity contribution in [2.75, 3.05) is 0 Å². The Hall–Kier alpha value is -2.21. The number of aryl methyl sites for hydroxylation is 1. The summed E-state index contributed by atoms with van der Waals surface area (Å²) in [5.74, 6) is -1.45. The van der Waals surface area contributed by atoms with E-state index in [9.17, 15) is 19.8 Å². The number of nitrogens with zero attached hydrogens (tertiary/aromatic N) is 2. The van der Waals surface area contributed by atoms with Crippen LogP contribution in [0.3, 0.4) is 0 Å². The lowest BCUT2D eigenvalue weighted by molar-refractivity contribution is -0.698. The number of carboxylic acids is 1. The number of aliphatic carboxylic acids is 1. The molecule has 0 aromatic carbocycles. The van der Waals surface area contributed by atoms with E-state index in [4.69, 9.17) is 0 Å². The summed E-state index contributed by atoms with van der Waals surface area (Å²) in [4.78, 5) is 25.9. The first kappa shape index (κ1) is 17.2. The van der Waals surface area contributed by atoms with Gasteiger partial charge in [-0.2, -0.15) is 0 Å². The number of rotatable bonds is 5. The van der Waals surface area contributed by atoms with Crippen molar-refractivity contribution in [3.8, 4) is 0 Å². The summed E-state index contributed by atoms with van der Waals surface area (Å²) >= 11 is 0. The molecule has 4 rings (SSSR count). The van der Waals surface area contributed by atoms with Crippen LogP contribution in [0.5, 0.6) is 0 Å². The van der Waals surface area contributed by atoms with Crippen molar-refractivity contribution in [3.05, 3.63) is 41.9 Å². The Morgan fingerprint density at radius 3 is 2.69 bits per heavy atom. The van der Waals surface area contributed by atoms with Gasteiger partial charge in [0.2, 0.25) is 5.91 Å². The van der Waals surface area contributed by atoms with E-state index in [-0.39, 0.29) is 29.5 Å².